The number of carbonyl (C=O) groups is 2. The van der Waals surface area contributed by atoms with Crippen LogP contribution < -0.4 is 5.56 Å². The number of fused-ring (bicyclic) bond motifs is 1. The molecule has 2 aromatic heterocycles. The molecule has 3 N–H and O–H groups in total. The largest absolute Gasteiger partial charge is 0.478 e. The molecule has 0 aliphatic rings. The lowest BCUT2D eigenvalue weighted by atomic mass is 10.1. The Hall–Kier alpha value is -2.65. The van der Waals surface area contributed by atoms with Gasteiger partial charge in [0.15, 0.2) is 5.16 Å². The van der Waals surface area contributed by atoms with Crippen molar-refractivity contribution >= 4 is 45.3 Å². The van der Waals surface area contributed by atoms with Gasteiger partial charge in [-0.1, -0.05) is 23.9 Å². The number of aromatic nitrogens is 2. The van der Waals surface area contributed by atoms with Gasteiger partial charge < -0.3 is 15.2 Å². The number of rotatable bonds is 5. The lowest BCUT2D eigenvalue weighted by Gasteiger charge is -2.03. The van der Waals surface area contributed by atoms with Gasteiger partial charge in [-0.2, -0.15) is 0 Å². The summed E-state index contributed by atoms with van der Waals surface area (Å²) in [5, 5.41) is 19.9. The maximum atomic E-state index is 12.1. The number of benzene rings is 1. The van der Waals surface area contributed by atoms with Gasteiger partial charge in [0.25, 0.3) is 5.56 Å². The van der Waals surface area contributed by atoms with Crippen molar-refractivity contribution < 1.29 is 19.8 Å². The number of nitrogens with zero attached hydrogens (tertiary/aromatic N) is 1. The SMILES string of the molecule is O=C(O)c1cccc(CSc2nc3scc(C(=O)O)c3c(=O)[nH]2)c1. The topological polar surface area (TPSA) is 120 Å². The van der Waals surface area contributed by atoms with Crippen LogP contribution >= 0.6 is 23.1 Å². The highest BCUT2D eigenvalue weighted by Gasteiger charge is 2.16. The highest BCUT2D eigenvalue weighted by Crippen LogP contribution is 2.25. The number of thiophene rings is 1. The first-order valence-corrected chi connectivity index (χ1v) is 8.52. The Morgan fingerprint density at radius 2 is 2.04 bits per heavy atom. The summed E-state index contributed by atoms with van der Waals surface area (Å²) in [4.78, 5) is 41.3. The number of hydrogen-bond acceptors (Lipinski definition) is 6. The van der Waals surface area contributed by atoms with Crippen LogP contribution in [0.15, 0.2) is 39.6 Å². The molecule has 0 saturated carbocycles. The second-order valence-corrected chi connectivity index (χ2v) is 6.62. The summed E-state index contributed by atoms with van der Waals surface area (Å²) < 4.78 is 0. The molecule has 1 aromatic carbocycles. The van der Waals surface area contributed by atoms with Crippen molar-refractivity contribution in [1.82, 2.24) is 9.97 Å². The van der Waals surface area contributed by atoms with E-state index in [0.29, 0.717) is 15.7 Å². The fraction of sp³-hybridized carbons (Fsp3) is 0.0667. The van der Waals surface area contributed by atoms with Crippen molar-refractivity contribution in [2.24, 2.45) is 0 Å². The first-order valence-electron chi connectivity index (χ1n) is 6.65. The van der Waals surface area contributed by atoms with Crippen molar-refractivity contribution in [3.63, 3.8) is 0 Å². The van der Waals surface area contributed by atoms with Crippen molar-refractivity contribution in [2.45, 2.75) is 10.9 Å². The molecule has 3 rings (SSSR count). The van der Waals surface area contributed by atoms with Gasteiger partial charge in [-0.15, -0.1) is 11.3 Å². The molecule has 0 bridgehead atoms. The van der Waals surface area contributed by atoms with E-state index >= 15 is 0 Å². The third kappa shape index (κ3) is 3.17. The molecule has 0 aliphatic heterocycles. The molecular formula is C15H10N2O5S2. The number of carboxylic acids is 2. The fourth-order valence-corrected chi connectivity index (χ4v) is 3.87. The molecule has 0 aliphatic carbocycles. The molecule has 3 aromatic rings. The Bertz CT molecular complexity index is 1010. The van der Waals surface area contributed by atoms with E-state index in [-0.39, 0.29) is 16.5 Å². The maximum Gasteiger partial charge on any atom is 0.337 e. The van der Waals surface area contributed by atoms with Crippen molar-refractivity contribution in [3.8, 4) is 0 Å². The van der Waals surface area contributed by atoms with Crippen molar-refractivity contribution in [2.75, 3.05) is 0 Å². The van der Waals surface area contributed by atoms with E-state index in [1.165, 1.54) is 23.2 Å². The van der Waals surface area contributed by atoms with E-state index in [4.69, 9.17) is 10.2 Å². The Labute approximate surface area is 143 Å². The van der Waals surface area contributed by atoms with Gasteiger partial charge in [-0.3, -0.25) is 4.79 Å². The van der Waals surface area contributed by atoms with Gasteiger partial charge in [0.1, 0.15) is 4.83 Å². The third-order valence-electron chi connectivity index (χ3n) is 3.20. The van der Waals surface area contributed by atoms with Gasteiger partial charge in [0.05, 0.1) is 16.5 Å². The average molecular weight is 362 g/mol. The molecule has 0 fully saturated rings. The lowest BCUT2D eigenvalue weighted by Crippen LogP contribution is -2.11. The minimum Gasteiger partial charge on any atom is -0.478 e. The zero-order valence-electron chi connectivity index (χ0n) is 12.0. The molecular weight excluding hydrogens is 352 g/mol. The van der Waals surface area contributed by atoms with Gasteiger partial charge in [0, 0.05) is 11.1 Å². The average Bonchev–Trinajstić information content (AvgIpc) is 2.98. The molecule has 0 spiro atoms. The predicted octanol–water partition coefficient (Wildman–Crippen LogP) is 2.67. The molecule has 0 amide bonds. The molecule has 0 radical (unpaired) electrons. The monoisotopic (exact) mass is 362 g/mol. The molecule has 24 heavy (non-hydrogen) atoms. The Morgan fingerprint density at radius 3 is 2.75 bits per heavy atom. The van der Waals surface area contributed by atoms with Gasteiger partial charge in [-0.25, -0.2) is 14.6 Å². The predicted molar refractivity (Wildman–Crippen MR) is 90.2 cm³/mol. The highest BCUT2D eigenvalue weighted by atomic mass is 32.2. The van der Waals surface area contributed by atoms with E-state index in [1.807, 2.05) is 0 Å². The van der Waals surface area contributed by atoms with Crippen LogP contribution in [0.5, 0.6) is 0 Å². The minimum atomic E-state index is -1.17. The van der Waals surface area contributed by atoms with Crippen LogP contribution in [-0.2, 0) is 5.75 Å². The molecule has 122 valence electrons. The summed E-state index contributed by atoms with van der Waals surface area (Å²) in [5.74, 6) is -1.75. The van der Waals surface area contributed by atoms with E-state index in [1.54, 1.807) is 18.2 Å². The molecule has 0 atom stereocenters. The number of carboxylic acid groups (broad SMARTS) is 2. The maximum absolute atomic E-state index is 12.1. The molecule has 7 nitrogen and oxygen atoms in total. The fourth-order valence-electron chi connectivity index (χ4n) is 2.10. The number of nitrogens with one attached hydrogen (secondary N) is 1. The summed E-state index contributed by atoms with van der Waals surface area (Å²) in [6.07, 6.45) is 0. The van der Waals surface area contributed by atoms with Crippen LogP contribution in [0, 0.1) is 0 Å². The van der Waals surface area contributed by atoms with Crippen LogP contribution in [0.4, 0.5) is 0 Å². The first kappa shape index (κ1) is 16.2. The second-order valence-electron chi connectivity index (χ2n) is 4.80. The van der Waals surface area contributed by atoms with Crippen LogP contribution in [0.3, 0.4) is 0 Å². The highest BCUT2D eigenvalue weighted by molar-refractivity contribution is 7.98. The number of H-pyrrole nitrogens is 1. The third-order valence-corrected chi connectivity index (χ3v) is 5.02. The van der Waals surface area contributed by atoms with E-state index < -0.39 is 17.5 Å². The minimum absolute atomic E-state index is 0.0607. The quantitative estimate of drug-likeness (QED) is 0.471. The summed E-state index contributed by atoms with van der Waals surface area (Å²) in [6, 6.07) is 6.49. The first-order chi connectivity index (χ1) is 11.5. The van der Waals surface area contributed by atoms with Gasteiger partial charge in [-0.05, 0) is 17.7 Å². The van der Waals surface area contributed by atoms with Crippen LogP contribution in [0.25, 0.3) is 10.2 Å². The van der Waals surface area contributed by atoms with Gasteiger partial charge in [0.2, 0.25) is 0 Å². The summed E-state index contributed by atoms with van der Waals surface area (Å²) in [6.45, 7) is 0. The van der Waals surface area contributed by atoms with E-state index in [0.717, 1.165) is 16.9 Å². The molecule has 2 heterocycles. The Balaban J connectivity index is 1.86. The zero-order chi connectivity index (χ0) is 17.3. The standard InChI is InChI=1S/C15H10N2O5S2/c18-11-10-9(14(21)22)6-23-12(10)17-15(16-11)24-5-7-2-1-3-8(4-7)13(19)20/h1-4,6H,5H2,(H,19,20)(H,21,22)(H,16,17,18). The second kappa shape index (κ2) is 6.46. The summed E-state index contributed by atoms with van der Waals surface area (Å²) in [7, 11) is 0. The van der Waals surface area contributed by atoms with Gasteiger partial charge >= 0.3 is 11.9 Å². The Morgan fingerprint density at radius 1 is 1.25 bits per heavy atom. The molecule has 0 saturated heterocycles. The van der Waals surface area contributed by atoms with E-state index in [9.17, 15) is 14.4 Å². The number of aromatic amines is 1. The van der Waals surface area contributed by atoms with Crippen molar-refractivity contribution in [1.29, 1.82) is 0 Å². The smallest absolute Gasteiger partial charge is 0.337 e. The van der Waals surface area contributed by atoms with E-state index in [2.05, 4.69) is 9.97 Å². The van der Waals surface area contributed by atoms with Crippen LogP contribution in [-0.4, -0.2) is 32.1 Å². The zero-order valence-corrected chi connectivity index (χ0v) is 13.6. The summed E-state index contributed by atoms with van der Waals surface area (Å²) in [5.41, 5.74) is 0.407. The normalized spacial score (nSPS) is 10.8. The van der Waals surface area contributed by atoms with Crippen LogP contribution in [0.2, 0.25) is 0 Å². The number of aromatic carboxylic acids is 2. The van der Waals surface area contributed by atoms with Crippen molar-refractivity contribution in [3.05, 3.63) is 56.7 Å². The Kier molecular flexibility index (Phi) is 4.36. The molecule has 0 unspecified atom stereocenters. The molecule has 9 heteroatoms. The summed E-state index contributed by atoms with van der Waals surface area (Å²) >= 11 is 2.34. The number of thioether (sulfide) groups is 1. The van der Waals surface area contributed by atoms with Crippen LogP contribution in [0.1, 0.15) is 26.3 Å². The number of hydrogen-bond donors (Lipinski definition) is 3. The lowest BCUT2D eigenvalue weighted by molar-refractivity contribution is 0.0687.